The van der Waals surface area contributed by atoms with Crippen molar-refractivity contribution in [1.29, 1.82) is 0 Å². The Labute approximate surface area is 126 Å². The maximum Gasteiger partial charge on any atom is 0.337 e. The molecule has 1 aromatic heterocycles. The predicted molar refractivity (Wildman–Crippen MR) is 79.7 cm³/mol. The third kappa shape index (κ3) is 3.21. The summed E-state index contributed by atoms with van der Waals surface area (Å²) in [5, 5.41) is 13.3. The van der Waals surface area contributed by atoms with Gasteiger partial charge in [-0.05, 0) is 30.7 Å². The molecular weight excluding hydrogens is 299 g/mol. The number of aromatic carboxylic acids is 1. The number of aromatic nitrogens is 1. The van der Waals surface area contributed by atoms with Crippen molar-refractivity contribution in [2.75, 3.05) is 5.32 Å². The molecule has 0 bridgehead atoms. The SMILES string of the molecule is CC(Nc1cnccc1C(=O)O)c1ccc(Cl)cc1Cl. The fourth-order valence-corrected chi connectivity index (χ4v) is 2.43. The minimum Gasteiger partial charge on any atom is -0.478 e. The zero-order chi connectivity index (χ0) is 14.7. The number of carboxylic acid groups (broad SMARTS) is 1. The van der Waals surface area contributed by atoms with Crippen LogP contribution in [-0.2, 0) is 0 Å². The summed E-state index contributed by atoms with van der Waals surface area (Å²) in [5.41, 5.74) is 1.44. The van der Waals surface area contributed by atoms with E-state index >= 15 is 0 Å². The van der Waals surface area contributed by atoms with Crippen LogP contribution in [0.2, 0.25) is 10.0 Å². The van der Waals surface area contributed by atoms with Crippen LogP contribution in [0.5, 0.6) is 0 Å². The van der Waals surface area contributed by atoms with Gasteiger partial charge in [0.15, 0.2) is 0 Å². The van der Waals surface area contributed by atoms with Crippen LogP contribution in [0.4, 0.5) is 5.69 Å². The molecule has 1 aromatic carbocycles. The van der Waals surface area contributed by atoms with Gasteiger partial charge in [-0.25, -0.2) is 4.79 Å². The Balaban J connectivity index is 2.28. The highest BCUT2D eigenvalue weighted by atomic mass is 35.5. The molecule has 2 rings (SSSR count). The minimum atomic E-state index is -1.01. The summed E-state index contributed by atoms with van der Waals surface area (Å²) in [5.74, 6) is -1.01. The molecule has 104 valence electrons. The molecule has 1 unspecified atom stereocenters. The number of benzene rings is 1. The molecule has 0 saturated carbocycles. The van der Waals surface area contributed by atoms with Gasteiger partial charge in [-0.2, -0.15) is 0 Å². The monoisotopic (exact) mass is 310 g/mol. The van der Waals surface area contributed by atoms with Gasteiger partial charge in [-0.15, -0.1) is 0 Å². The molecule has 0 aliphatic heterocycles. The van der Waals surface area contributed by atoms with E-state index < -0.39 is 5.97 Å². The lowest BCUT2D eigenvalue weighted by atomic mass is 10.1. The molecule has 0 spiro atoms. The maximum atomic E-state index is 11.1. The smallest absolute Gasteiger partial charge is 0.337 e. The van der Waals surface area contributed by atoms with Gasteiger partial charge in [0.05, 0.1) is 23.5 Å². The molecule has 2 N–H and O–H groups in total. The summed E-state index contributed by atoms with van der Waals surface area (Å²) < 4.78 is 0. The van der Waals surface area contributed by atoms with Crippen molar-refractivity contribution in [2.45, 2.75) is 13.0 Å². The number of carboxylic acids is 1. The molecule has 4 nitrogen and oxygen atoms in total. The third-order valence-electron chi connectivity index (χ3n) is 2.85. The van der Waals surface area contributed by atoms with Crippen molar-refractivity contribution in [2.24, 2.45) is 0 Å². The van der Waals surface area contributed by atoms with E-state index in [1.165, 1.54) is 18.5 Å². The minimum absolute atomic E-state index is 0.164. The van der Waals surface area contributed by atoms with Crippen molar-refractivity contribution in [3.8, 4) is 0 Å². The Hall–Kier alpha value is -1.78. The van der Waals surface area contributed by atoms with Gasteiger partial charge in [0.1, 0.15) is 0 Å². The molecule has 20 heavy (non-hydrogen) atoms. The average Bonchev–Trinajstić information content (AvgIpc) is 2.38. The molecule has 1 atom stereocenters. The highest BCUT2D eigenvalue weighted by Crippen LogP contribution is 2.29. The van der Waals surface area contributed by atoms with Crippen molar-refractivity contribution >= 4 is 34.9 Å². The molecule has 1 heterocycles. The van der Waals surface area contributed by atoms with Crippen molar-refractivity contribution in [3.05, 3.63) is 57.8 Å². The second-order valence-corrected chi connectivity index (χ2v) is 5.10. The normalized spacial score (nSPS) is 11.9. The second kappa shape index (κ2) is 6.11. The van der Waals surface area contributed by atoms with Gasteiger partial charge in [-0.1, -0.05) is 29.3 Å². The number of nitrogens with zero attached hydrogens (tertiary/aromatic N) is 1. The van der Waals surface area contributed by atoms with E-state index in [-0.39, 0.29) is 11.6 Å². The summed E-state index contributed by atoms with van der Waals surface area (Å²) >= 11 is 12.0. The number of halogens is 2. The molecule has 0 amide bonds. The summed E-state index contributed by atoms with van der Waals surface area (Å²) in [6, 6.07) is 6.46. The Morgan fingerprint density at radius 1 is 1.35 bits per heavy atom. The van der Waals surface area contributed by atoms with E-state index in [2.05, 4.69) is 10.3 Å². The fourth-order valence-electron chi connectivity index (χ4n) is 1.86. The highest BCUT2D eigenvalue weighted by Gasteiger charge is 2.14. The number of rotatable bonds is 4. The van der Waals surface area contributed by atoms with E-state index in [0.29, 0.717) is 15.7 Å². The second-order valence-electron chi connectivity index (χ2n) is 4.26. The van der Waals surface area contributed by atoms with E-state index in [9.17, 15) is 4.79 Å². The van der Waals surface area contributed by atoms with Crippen LogP contribution in [-0.4, -0.2) is 16.1 Å². The number of pyridine rings is 1. The molecule has 6 heteroatoms. The van der Waals surface area contributed by atoms with Crippen molar-refractivity contribution in [1.82, 2.24) is 4.98 Å². The zero-order valence-electron chi connectivity index (χ0n) is 10.6. The Morgan fingerprint density at radius 3 is 2.75 bits per heavy atom. The van der Waals surface area contributed by atoms with Crippen LogP contribution < -0.4 is 5.32 Å². The van der Waals surface area contributed by atoms with Crippen LogP contribution in [0.3, 0.4) is 0 Å². The first-order valence-corrected chi connectivity index (χ1v) is 6.63. The maximum absolute atomic E-state index is 11.1. The summed E-state index contributed by atoms with van der Waals surface area (Å²) in [6.07, 6.45) is 2.92. The first kappa shape index (κ1) is 14.6. The lowest BCUT2D eigenvalue weighted by Crippen LogP contribution is -2.11. The molecule has 0 aliphatic rings. The Kier molecular flexibility index (Phi) is 4.47. The third-order valence-corrected chi connectivity index (χ3v) is 3.41. The predicted octanol–water partition coefficient (Wildman–Crippen LogP) is 4.26. The molecule has 0 radical (unpaired) electrons. The molecule has 0 aliphatic carbocycles. The standard InChI is InChI=1S/C14H12Cl2N2O2/c1-8(10-3-2-9(15)6-12(10)16)18-13-7-17-5-4-11(13)14(19)20/h2-8,18H,1H3,(H,19,20). The van der Waals surface area contributed by atoms with Gasteiger partial charge in [0, 0.05) is 16.2 Å². The fraction of sp³-hybridized carbons (Fsp3) is 0.143. The van der Waals surface area contributed by atoms with Crippen LogP contribution in [0.15, 0.2) is 36.7 Å². The van der Waals surface area contributed by atoms with E-state index in [1.54, 1.807) is 18.2 Å². The molecular formula is C14H12Cl2N2O2. The highest BCUT2D eigenvalue weighted by molar-refractivity contribution is 6.35. The summed E-state index contributed by atoms with van der Waals surface area (Å²) in [4.78, 5) is 15.1. The van der Waals surface area contributed by atoms with E-state index in [4.69, 9.17) is 28.3 Å². The van der Waals surface area contributed by atoms with Crippen LogP contribution in [0.25, 0.3) is 0 Å². The molecule has 2 aromatic rings. The number of anilines is 1. The van der Waals surface area contributed by atoms with Crippen molar-refractivity contribution < 1.29 is 9.90 Å². The van der Waals surface area contributed by atoms with E-state index in [0.717, 1.165) is 5.56 Å². The Morgan fingerprint density at radius 2 is 2.10 bits per heavy atom. The van der Waals surface area contributed by atoms with Crippen LogP contribution in [0.1, 0.15) is 28.9 Å². The lowest BCUT2D eigenvalue weighted by molar-refractivity contribution is 0.0698. The van der Waals surface area contributed by atoms with Gasteiger partial charge in [-0.3, -0.25) is 4.98 Å². The van der Waals surface area contributed by atoms with Crippen LogP contribution >= 0.6 is 23.2 Å². The first-order chi connectivity index (χ1) is 9.49. The number of hydrogen-bond acceptors (Lipinski definition) is 3. The Bertz CT molecular complexity index is 647. The molecule has 0 saturated heterocycles. The van der Waals surface area contributed by atoms with Crippen LogP contribution in [0, 0.1) is 0 Å². The number of hydrogen-bond donors (Lipinski definition) is 2. The van der Waals surface area contributed by atoms with Gasteiger partial charge >= 0.3 is 5.97 Å². The molecule has 0 fully saturated rings. The summed E-state index contributed by atoms with van der Waals surface area (Å²) in [7, 11) is 0. The lowest BCUT2D eigenvalue weighted by Gasteiger charge is -2.18. The average molecular weight is 311 g/mol. The number of carbonyl (C=O) groups is 1. The summed E-state index contributed by atoms with van der Waals surface area (Å²) in [6.45, 7) is 1.88. The first-order valence-electron chi connectivity index (χ1n) is 5.88. The quantitative estimate of drug-likeness (QED) is 0.885. The van der Waals surface area contributed by atoms with Gasteiger partial charge < -0.3 is 10.4 Å². The number of nitrogens with one attached hydrogen (secondary N) is 1. The van der Waals surface area contributed by atoms with Gasteiger partial charge in [0.2, 0.25) is 0 Å². The van der Waals surface area contributed by atoms with E-state index in [1.807, 2.05) is 6.92 Å². The van der Waals surface area contributed by atoms with Crippen molar-refractivity contribution in [3.63, 3.8) is 0 Å². The largest absolute Gasteiger partial charge is 0.478 e. The zero-order valence-corrected chi connectivity index (χ0v) is 12.1. The topological polar surface area (TPSA) is 62.2 Å². The van der Waals surface area contributed by atoms with Gasteiger partial charge in [0.25, 0.3) is 0 Å².